The van der Waals surface area contributed by atoms with Crippen molar-refractivity contribution in [3.8, 4) is 5.69 Å². The molecule has 0 aliphatic carbocycles. The third-order valence-corrected chi connectivity index (χ3v) is 4.95. The van der Waals surface area contributed by atoms with E-state index in [2.05, 4.69) is 68.3 Å². The van der Waals surface area contributed by atoms with Crippen LogP contribution < -0.4 is 0 Å². The molecule has 1 atom stereocenters. The third kappa shape index (κ3) is 3.11. The van der Waals surface area contributed by atoms with E-state index < -0.39 is 0 Å². The van der Waals surface area contributed by atoms with Gasteiger partial charge in [-0.3, -0.25) is 0 Å². The van der Waals surface area contributed by atoms with Crippen molar-refractivity contribution in [2.45, 2.75) is 11.8 Å². The molecule has 0 N–H and O–H groups in total. The first kappa shape index (κ1) is 14.5. The molecule has 0 spiro atoms. The Bertz CT molecular complexity index is 750. The van der Waals surface area contributed by atoms with Gasteiger partial charge in [0.05, 0.1) is 16.7 Å². The highest BCUT2D eigenvalue weighted by Gasteiger charge is 2.15. The fourth-order valence-electron chi connectivity index (χ4n) is 2.25. The Balaban J connectivity index is 1.94. The molecule has 0 bridgehead atoms. The molecule has 4 heteroatoms. The van der Waals surface area contributed by atoms with Crippen molar-refractivity contribution in [3.63, 3.8) is 0 Å². The van der Waals surface area contributed by atoms with Gasteiger partial charge in [0.25, 0.3) is 0 Å². The van der Waals surface area contributed by atoms with Crippen LogP contribution in [-0.4, -0.2) is 9.78 Å². The molecule has 1 heterocycles. The van der Waals surface area contributed by atoms with Gasteiger partial charge in [-0.05, 0) is 42.3 Å². The summed E-state index contributed by atoms with van der Waals surface area (Å²) in [6.07, 6.45) is 3.97. The summed E-state index contributed by atoms with van der Waals surface area (Å²) < 4.78 is 2.99. The molecule has 0 saturated carbocycles. The summed E-state index contributed by atoms with van der Waals surface area (Å²) in [5, 5.41) is 4.46. The van der Waals surface area contributed by atoms with Gasteiger partial charge in [0.15, 0.2) is 0 Å². The van der Waals surface area contributed by atoms with Crippen LogP contribution in [0.5, 0.6) is 0 Å². The Morgan fingerprint density at radius 1 is 1.10 bits per heavy atom. The van der Waals surface area contributed by atoms with Gasteiger partial charge in [-0.25, -0.2) is 4.68 Å². The van der Waals surface area contributed by atoms with E-state index in [1.165, 1.54) is 11.1 Å². The van der Waals surface area contributed by atoms with E-state index in [1.54, 1.807) is 0 Å². The summed E-state index contributed by atoms with van der Waals surface area (Å²) in [6, 6.07) is 16.5. The summed E-state index contributed by atoms with van der Waals surface area (Å²) in [5.74, 6) is 0. The zero-order valence-electron chi connectivity index (χ0n) is 11.5. The van der Waals surface area contributed by atoms with E-state index in [0.29, 0.717) is 0 Å². The van der Waals surface area contributed by atoms with Crippen LogP contribution in [0.3, 0.4) is 0 Å². The van der Waals surface area contributed by atoms with Gasteiger partial charge in [-0.15, -0.1) is 0 Å². The molecule has 21 heavy (non-hydrogen) atoms. The Morgan fingerprint density at radius 2 is 1.86 bits per heavy atom. The van der Waals surface area contributed by atoms with Gasteiger partial charge in [-0.1, -0.05) is 56.1 Å². The lowest BCUT2D eigenvalue weighted by Gasteiger charge is -2.12. The monoisotopic (exact) mass is 404 g/mol. The lowest BCUT2D eigenvalue weighted by Crippen LogP contribution is -1.96. The van der Waals surface area contributed by atoms with Crippen LogP contribution in [0.25, 0.3) is 5.69 Å². The average Bonchev–Trinajstić information content (AvgIpc) is 3.00. The molecule has 2 nitrogen and oxygen atoms in total. The number of benzene rings is 2. The number of hydrogen-bond acceptors (Lipinski definition) is 1. The minimum absolute atomic E-state index is 0.132. The van der Waals surface area contributed by atoms with E-state index >= 15 is 0 Å². The van der Waals surface area contributed by atoms with Crippen LogP contribution in [0.1, 0.15) is 21.5 Å². The van der Waals surface area contributed by atoms with E-state index in [1.807, 2.05) is 41.2 Å². The Labute approximate surface area is 141 Å². The van der Waals surface area contributed by atoms with Gasteiger partial charge < -0.3 is 0 Å². The Morgan fingerprint density at radius 3 is 2.62 bits per heavy atom. The normalized spacial score (nSPS) is 12.3. The number of hydrogen-bond donors (Lipinski definition) is 0. The zero-order chi connectivity index (χ0) is 14.8. The average molecular weight is 406 g/mol. The molecule has 0 fully saturated rings. The summed E-state index contributed by atoms with van der Waals surface area (Å²) in [7, 11) is 0. The van der Waals surface area contributed by atoms with Crippen molar-refractivity contribution in [2.24, 2.45) is 0 Å². The second kappa shape index (κ2) is 6.16. The molecule has 106 valence electrons. The highest BCUT2D eigenvalue weighted by atomic mass is 79.9. The fraction of sp³-hybridized carbons (Fsp3) is 0.118. The highest BCUT2D eigenvalue weighted by Crippen LogP contribution is 2.34. The number of rotatable bonds is 3. The predicted molar refractivity (Wildman–Crippen MR) is 93.2 cm³/mol. The maximum atomic E-state index is 4.46. The Hall–Kier alpha value is -1.39. The van der Waals surface area contributed by atoms with E-state index in [4.69, 9.17) is 0 Å². The van der Waals surface area contributed by atoms with Gasteiger partial charge >= 0.3 is 0 Å². The number of para-hydroxylation sites is 1. The quantitative estimate of drug-likeness (QED) is 0.531. The van der Waals surface area contributed by atoms with Crippen molar-refractivity contribution in [1.29, 1.82) is 0 Å². The van der Waals surface area contributed by atoms with Crippen molar-refractivity contribution in [1.82, 2.24) is 9.78 Å². The van der Waals surface area contributed by atoms with Crippen LogP contribution in [-0.2, 0) is 0 Å². The van der Waals surface area contributed by atoms with Crippen LogP contribution >= 0.6 is 31.9 Å². The van der Waals surface area contributed by atoms with Gasteiger partial charge in [-0.2, -0.15) is 5.10 Å². The zero-order valence-corrected chi connectivity index (χ0v) is 14.7. The molecule has 1 unspecified atom stereocenters. The molecule has 3 aromatic rings. The van der Waals surface area contributed by atoms with Crippen molar-refractivity contribution in [3.05, 3.63) is 82.1 Å². The first-order valence-corrected chi connectivity index (χ1v) is 8.36. The van der Waals surface area contributed by atoms with Crippen molar-refractivity contribution >= 4 is 31.9 Å². The molecule has 2 aromatic carbocycles. The number of aromatic nitrogens is 2. The second-order valence-electron chi connectivity index (χ2n) is 4.92. The number of halogens is 2. The molecular weight excluding hydrogens is 392 g/mol. The smallest absolute Gasteiger partial charge is 0.0678 e. The summed E-state index contributed by atoms with van der Waals surface area (Å²) >= 11 is 7.33. The van der Waals surface area contributed by atoms with E-state index in [0.717, 1.165) is 15.7 Å². The molecule has 0 amide bonds. The summed E-state index contributed by atoms with van der Waals surface area (Å²) in [4.78, 5) is 0.132. The summed E-state index contributed by atoms with van der Waals surface area (Å²) in [5.41, 5.74) is 4.71. The Kier molecular flexibility index (Phi) is 4.27. The van der Waals surface area contributed by atoms with E-state index in [9.17, 15) is 0 Å². The predicted octanol–water partition coefficient (Wildman–Crippen LogP) is 5.43. The first-order chi connectivity index (χ1) is 10.1. The molecule has 3 rings (SSSR count). The SMILES string of the molecule is Cc1ccc(Br)cc1C(Br)c1cnn(-c2ccccc2)c1. The third-order valence-electron chi connectivity index (χ3n) is 3.43. The molecule has 0 radical (unpaired) electrons. The maximum Gasteiger partial charge on any atom is 0.0678 e. The van der Waals surface area contributed by atoms with Crippen LogP contribution in [0, 0.1) is 6.92 Å². The van der Waals surface area contributed by atoms with Crippen LogP contribution in [0.4, 0.5) is 0 Å². The maximum absolute atomic E-state index is 4.46. The minimum atomic E-state index is 0.132. The number of alkyl halides is 1. The second-order valence-corrected chi connectivity index (χ2v) is 6.75. The van der Waals surface area contributed by atoms with Gasteiger partial charge in [0, 0.05) is 16.2 Å². The standard InChI is InChI=1S/C17H14Br2N2/c1-12-7-8-14(18)9-16(12)17(19)13-10-20-21(11-13)15-5-3-2-4-6-15/h2-11,17H,1H3. The number of aryl methyl sites for hydroxylation is 1. The largest absolute Gasteiger partial charge is 0.241 e. The number of nitrogens with zero attached hydrogens (tertiary/aromatic N) is 2. The molecule has 0 aliphatic heterocycles. The minimum Gasteiger partial charge on any atom is -0.241 e. The highest BCUT2D eigenvalue weighted by molar-refractivity contribution is 9.10. The van der Waals surface area contributed by atoms with Crippen LogP contribution in [0.2, 0.25) is 0 Å². The topological polar surface area (TPSA) is 17.8 Å². The van der Waals surface area contributed by atoms with Crippen molar-refractivity contribution in [2.75, 3.05) is 0 Å². The summed E-state index contributed by atoms with van der Waals surface area (Å²) in [6.45, 7) is 2.12. The molecule has 1 aromatic heterocycles. The lowest BCUT2D eigenvalue weighted by molar-refractivity contribution is 0.880. The molecular formula is C17H14Br2N2. The van der Waals surface area contributed by atoms with E-state index in [-0.39, 0.29) is 4.83 Å². The molecule has 0 aliphatic rings. The first-order valence-electron chi connectivity index (χ1n) is 6.65. The van der Waals surface area contributed by atoms with Crippen molar-refractivity contribution < 1.29 is 0 Å². The lowest BCUT2D eigenvalue weighted by atomic mass is 10.0. The van der Waals surface area contributed by atoms with Crippen LogP contribution in [0.15, 0.2) is 65.4 Å². The van der Waals surface area contributed by atoms with Gasteiger partial charge in [0.1, 0.15) is 0 Å². The van der Waals surface area contributed by atoms with Gasteiger partial charge in [0.2, 0.25) is 0 Å². The fourth-order valence-corrected chi connectivity index (χ4v) is 3.36. The molecule has 0 saturated heterocycles.